The third-order valence-corrected chi connectivity index (χ3v) is 6.60. The van der Waals surface area contributed by atoms with E-state index in [1.165, 1.54) is 7.11 Å². The van der Waals surface area contributed by atoms with Crippen molar-refractivity contribution in [3.8, 4) is 0 Å². The topological polar surface area (TPSA) is 171 Å². The number of aliphatic hydroxyl groups is 2. The van der Waals surface area contributed by atoms with Crippen molar-refractivity contribution < 1.29 is 48.2 Å². The molecule has 2 heterocycles. The van der Waals surface area contributed by atoms with Crippen LogP contribution in [0.5, 0.6) is 0 Å². The molecule has 38 heavy (non-hydrogen) atoms. The quantitative estimate of drug-likeness (QED) is 0.0904. The molecular weight excluding hydrogens is 502 g/mol. The van der Waals surface area contributed by atoms with Crippen molar-refractivity contribution in [3.63, 3.8) is 0 Å². The molecule has 2 N–H and O–H groups in total. The van der Waals surface area contributed by atoms with Crippen molar-refractivity contribution >= 4 is 5.97 Å². The third kappa shape index (κ3) is 9.00. The summed E-state index contributed by atoms with van der Waals surface area (Å²) < 4.78 is 40.8. The number of hydrogen-bond donors (Lipinski definition) is 2. The van der Waals surface area contributed by atoms with Crippen molar-refractivity contribution in [2.45, 2.75) is 114 Å². The Balaban J connectivity index is 2.36. The van der Waals surface area contributed by atoms with Crippen LogP contribution < -0.4 is 0 Å². The molecule has 5 unspecified atom stereocenters. The number of aliphatic hydroxyl groups excluding tert-OH is 2. The third-order valence-electron chi connectivity index (χ3n) is 6.60. The minimum atomic E-state index is -1.37. The second-order valence-corrected chi connectivity index (χ2v) is 9.43. The van der Waals surface area contributed by atoms with Gasteiger partial charge < -0.3 is 43.4 Å². The highest BCUT2D eigenvalue weighted by Gasteiger charge is 2.53. The highest BCUT2D eigenvalue weighted by molar-refractivity contribution is 5.75. The number of ether oxygens (including phenoxy) is 7. The first-order valence-corrected chi connectivity index (χ1v) is 13.6. The number of nitrogens with zero attached hydrogens (tertiary/aromatic N) is 3. The maximum atomic E-state index is 12.8. The molecule has 0 aromatic rings. The SMILES string of the molecule is CCCCOC1[C@@H](OC2OC(C(=O)OC)[C@@H](OCCCC)[C@@H](OCCCC)C2O)C(CO)OC[C@H]1N=[N+]=[N-]. The van der Waals surface area contributed by atoms with E-state index in [0.29, 0.717) is 19.8 Å². The number of esters is 1. The summed E-state index contributed by atoms with van der Waals surface area (Å²) in [5.41, 5.74) is 9.07. The van der Waals surface area contributed by atoms with E-state index in [0.717, 1.165) is 38.5 Å². The van der Waals surface area contributed by atoms with Crippen LogP contribution in [0, 0.1) is 0 Å². The van der Waals surface area contributed by atoms with E-state index in [9.17, 15) is 15.0 Å². The molecule has 13 heteroatoms. The summed E-state index contributed by atoms with van der Waals surface area (Å²) >= 11 is 0. The summed E-state index contributed by atoms with van der Waals surface area (Å²) in [5.74, 6) is -0.697. The average Bonchev–Trinajstić information content (AvgIpc) is 2.92. The molecule has 0 aromatic carbocycles. The Labute approximate surface area is 224 Å². The molecule has 0 spiro atoms. The lowest BCUT2D eigenvalue weighted by Crippen LogP contribution is -2.65. The molecule has 2 rings (SSSR count). The molecule has 0 aromatic heterocycles. The standard InChI is InChI=1S/C25H45N3O10/c1-5-8-11-33-19-16(27-28-26)15-36-17(14-29)20(19)37-25-18(30)21(34-12-9-6-2)22(35-13-10-7-3)23(38-25)24(31)32-4/h16-23,25,29-30H,5-15H2,1-4H3/t16-,17?,18?,19?,20+,21+,22+,23?,25?/m1/s1. The van der Waals surface area contributed by atoms with Crippen LogP contribution in [-0.2, 0) is 38.0 Å². The molecule has 13 nitrogen and oxygen atoms in total. The average molecular weight is 548 g/mol. The Bertz CT molecular complexity index is 726. The first kappa shape index (κ1) is 32.7. The minimum Gasteiger partial charge on any atom is -0.467 e. The van der Waals surface area contributed by atoms with Crippen LogP contribution >= 0.6 is 0 Å². The number of unbranched alkanes of at least 4 members (excludes halogenated alkanes) is 3. The summed E-state index contributed by atoms with van der Waals surface area (Å²) in [6.45, 7) is 6.70. The number of hydrogen-bond acceptors (Lipinski definition) is 11. The van der Waals surface area contributed by atoms with Gasteiger partial charge in [0.25, 0.3) is 0 Å². The summed E-state index contributed by atoms with van der Waals surface area (Å²) in [6.07, 6.45) is -3.58. The van der Waals surface area contributed by atoms with E-state index in [2.05, 4.69) is 10.0 Å². The predicted molar refractivity (Wildman–Crippen MR) is 135 cm³/mol. The van der Waals surface area contributed by atoms with Gasteiger partial charge in [0.15, 0.2) is 12.4 Å². The highest BCUT2D eigenvalue weighted by atomic mass is 16.7. The zero-order valence-electron chi connectivity index (χ0n) is 23.0. The molecule has 9 atom stereocenters. The zero-order chi connectivity index (χ0) is 27.9. The number of carbonyl (C=O) groups is 1. The Morgan fingerprint density at radius 3 is 2.08 bits per heavy atom. The summed E-state index contributed by atoms with van der Waals surface area (Å²) in [7, 11) is 1.24. The summed E-state index contributed by atoms with van der Waals surface area (Å²) in [4.78, 5) is 15.7. The van der Waals surface area contributed by atoms with E-state index in [4.69, 9.17) is 38.7 Å². The molecule has 2 saturated heterocycles. The van der Waals surface area contributed by atoms with Gasteiger partial charge in [-0.15, -0.1) is 0 Å². The van der Waals surface area contributed by atoms with Gasteiger partial charge in [-0.1, -0.05) is 45.1 Å². The van der Waals surface area contributed by atoms with Gasteiger partial charge in [0.1, 0.15) is 30.5 Å². The fraction of sp³-hybridized carbons (Fsp3) is 0.960. The van der Waals surface area contributed by atoms with Crippen molar-refractivity contribution in [1.82, 2.24) is 0 Å². The molecule has 0 aliphatic carbocycles. The first-order chi connectivity index (χ1) is 18.5. The molecule has 2 fully saturated rings. The lowest BCUT2D eigenvalue weighted by Gasteiger charge is -2.46. The number of rotatable bonds is 17. The lowest BCUT2D eigenvalue weighted by molar-refractivity contribution is -0.336. The van der Waals surface area contributed by atoms with Crippen molar-refractivity contribution in [2.75, 3.05) is 40.1 Å². The van der Waals surface area contributed by atoms with Crippen LogP contribution in [0.1, 0.15) is 59.3 Å². The maximum Gasteiger partial charge on any atom is 0.337 e. The monoisotopic (exact) mass is 547 g/mol. The Hall–Kier alpha value is -1.54. The zero-order valence-corrected chi connectivity index (χ0v) is 23.0. The smallest absolute Gasteiger partial charge is 0.337 e. The van der Waals surface area contributed by atoms with Crippen LogP contribution in [0.4, 0.5) is 0 Å². The van der Waals surface area contributed by atoms with Crippen LogP contribution in [0.2, 0.25) is 0 Å². The van der Waals surface area contributed by atoms with E-state index in [1.807, 2.05) is 20.8 Å². The molecular formula is C25H45N3O10. The Morgan fingerprint density at radius 2 is 1.55 bits per heavy atom. The van der Waals surface area contributed by atoms with Gasteiger partial charge in [-0.2, -0.15) is 0 Å². The fourth-order valence-electron chi connectivity index (χ4n) is 4.40. The second kappa shape index (κ2) is 17.9. The highest BCUT2D eigenvalue weighted by Crippen LogP contribution is 2.32. The normalized spacial score (nSPS) is 33.5. The van der Waals surface area contributed by atoms with E-state index in [1.54, 1.807) is 0 Å². The van der Waals surface area contributed by atoms with Gasteiger partial charge in [0, 0.05) is 24.7 Å². The van der Waals surface area contributed by atoms with E-state index >= 15 is 0 Å². The van der Waals surface area contributed by atoms with E-state index < -0.39 is 67.6 Å². The predicted octanol–water partition coefficient (Wildman–Crippen LogP) is 2.26. The molecule has 0 bridgehead atoms. The Morgan fingerprint density at radius 1 is 0.974 bits per heavy atom. The summed E-state index contributed by atoms with van der Waals surface area (Å²) in [6, 6.07) is -0.733. The van der Waals surface area contributed by atoms with E-state index in [-0.39, 0.29) is 6.61 Å². The van der Waals surface area contributed by atoms with Crippen LogP contribution in [0.3, 0.4) is 0 Å². The van der Waals surface area contributed by atoms with Crippen molar-refractivity contribution in [1.29, 1.82) is 0 Å². The molecule has 0 saturated carbocycles. The number of azide groups is 1. The molecule has 220 valence electrons. The molecule has 2 aliphatic rings. The minimum absolute atomic E-state index is 0.0287. The van der Waals surface area contributed by atoms with Crippen LogP contribution in [-0.4, -0.2) is 111 Å². The first-order valence-electron chi connectivity index (χ1n) is 13.6. The molecule has 0 amide bonds. The van der Waals surface area contributed by atoms with Crippen molar-refractivity contribution in [3.05, 3.63) is 10.4 Å². The second-order valence-electron chi connectivity index (χ2n) is 9.43. The molecule has 2 aliphatic heterocycles. The van der Waals surface area contributed by atoms with Crippen LogP contribution in [0.15, 0.2) is 5.11 Å². The number of carbonyl (C=O) groups excluding carboxylic acids is 1. The number of methoxy groups -OCH3 is 1. The summed E-state index contributed by atoms with van der Waals surface area (Å²) in [5, 5.41) is 25.2. The van der Waals surface area contributed by atoms with Gasteiger partial charge >= 0.3 is 5.97 Å². The molecule has 0 radical (unpaired) electrons. The van der Waals surface area contributed by atoms with Gasteiger partial charge in [-0.25, -0.2) is 4.79 Å². The van der Waals surface area contributed by atoms with Gasteiger partial charge in [0.05, 0.1) is 32.5 Å². The lowest BCUT2D eigenvalue weighted by atomic mass is 9.96. The van der Waals surface area contributed by atoms with Gasteiger partial charge in [-0.05, 0) is 24.8 Å². The van der Waals surface area contributed by atoms with Gasteiger partial charge in [-0.3, -0.25) is 0 Å². The van der Waals surface area contributed by atoms with Gasteiger partial charge in [0.2, 0.25) is 0 Å². The van der Waals surface area contributed by atoms with Crippen LogP contribution in [0.25, 0.3) is 10.4 Å². The maximum absolute atomic E-state index is 12.8. The Kier molecular flexibility index (Phi) is 15.4. The largest absolute Gasteiger partial charge is 0.467 e. The van der Waals surface area contributed by atoms with Crippen molar-refractivity contribution in [2.24, 2.45) is 5.11 Å². The fourth-order valence-corrected chi connectivity index (χ4v) is 4.40.